The Morgan fingerprint density at radius 1 is 0.324 bits per heavy atom. The maximum Gasteiger partial charge on any atom is 0.0492 e. The average molecular weight is 485 g/mol. The van der Waals surface area contributed by atoms with Gasteiger partial charge in [-0.15, -0.1) is 0 Å². The molecule has 2 rings (SSSR count). The van der Waals surface area contributed by atoms with Gasteiger partial charge in [0.2, 0.25) is 0 Å². The third-order valence-corrected chi connectivity index (χ3v) is 6.37. The van der Waals surface area contributed by atoms with E-state index in [4.69, 9.17) is 0 Å². The molecule has 10 heteroatoms. The fraction of sp³-hybridized carbons (Fsp3) is 1.00. The molecule has 2 aliphatic rings. The lowest BCUT2D eigenvalue weighted by Gasteiger charge is -2.25. The van der Waals surface area contributed by atoms with Gasteiger partial charge in [0.15, 0.2) is 0 Å². The third kappa shape index (κ3) is 18.0. The van der Waals surface area contributed by atoms with Crippen LogP contribution in [0.3, 0.4) is 0 Å². The summed E-state index contributed by atoms with van der Waals surface area (Å²) in [6, 6.07) is 0. The Kier molecular flexibility index (Phi) is 20.2. The molecule has 0 aromatic heterocycles. The standard InChI is InChI=1S/C24H56N10/c1(3-19-33-21-29-15-11-25-7-5-8-26-12-16-30-22-33)2-4-20-34-23-31-17-13-27-9-6-10-28-14-18-32-24-34/h25-32H,1-24H2. The second-order valence-corrected chi connectivity index (χ2v) is 9.54. The van der Waals surface area contributed by atoms with Crippen molar-refractivity contribution < 1.29 is 0 Å². The van der Waals surface area contributed by atoms with E-state index in [1.165, 1.54) is 38.5 Å². The van der Waals surface area contributed by atoms with E-state index in [0.717, 1.165) is 118 Å². The number of rotatable bonds is 7. The van der Waals surface area contributed by atoms with Crippen molar-refractivity contribution in [3.63, 3.8) is 0 Å². The number of unbranched alkanes of at least 4 members (excludes halogenated alkanes) is 3. The highest BCUT2D eigenvalue weighted by molar-refractivity contribution is 4.63. The molecule has 0 radical (unpaired) electrons. The number of hydrogen-bond donors (Lipinski definition) is 8. The topological polar surface area (TPSA) is 103 Å². The van der Waals surface area contributed by atoms with Crippen LogP contribution in [0.2, 0.25) is 0 Å². The molecule has 2 saturated heterocycles. The van der Waals surface area contributed by atoms with Gasteiger partial charge in [-0.25, -0.2) is 0 Å². The summed E-state index contributed by atoms with van der Waals surface area (Å²) in [5.41, 5.74) is 0. The van der Waals surface area contributed by atoms with Crippen molar-refractivity contribution in [1.82, 2.24) is 52.3 Å². The van der Waals surface area contributed by atoms with Crippen LogP contribution in [0.15, 0.2) is 0 Å². The van der Waals surface area contributed by atoms with E-state index in [-0.39, 0.29) is 0 Å². The van der Waals surface area contributed by atoms with Crippen molar-refractivity contribution in [3.05, 3.63) is 0 Å². The van der Waals surface area contributed by atoms with Gasteiger partial charge in [-0.3, -0.25) is 9.80 Å². The predicted octanol–water partition coefficient (Wildman–Crippen LogP) is -1.49. The fourth-order valence-electron chi connectivity index (χ4n) is 4.28. The summed E-state index contributed by atoms with van der Waals surface area (Å²) in [6.45, 7) is 18.9. The van der Waals surface area contributed by atoms with E-state index < -0.39 is 0 Å². The van der Waals surface area contributed by atoms with Crippen molar-refractivity contribution in [3.8, 4) is 0 Å². The summed E-state index contributed by atoms with van der Waals surface area (Å²) < 4.78 is 0. The van der Waals surface area contributed by atoms with Gasteiger partial charge in [-0.1, -0.05) is 12.8 Å². The zero-order valence-electron chi connectivity index (χ0n) is 21.9. The normalized spacial score (nSPS) is 23.6. The lowest BCUT2D eigenvalue weighted by atomic mass is 10.2. The molecule has 0 amide bonds. The summed E-state index contributed by atoms with van der Waals surface area (Å²) in [5, 5.41) is 28.5. The minimum atomic E-state index is 0.969. The molecule has 0 aromatic carbocycles. The molecule has 2 aliphatic heterocycles. The highest BCUT2D eigenvalue weighted by Gasteiger charge is 2.07. The van der Waals surface area contributed by atoms with E-state index in [9.17, 15) is 0 Å². The quantitative estimate of drug-likeness (QED) is 0.204. The van der Waals surface area contributed by atoms with Crippen LogP contribution in [0.5, 0.6) is 0 Å². The minimum Gasteiger partial charge on any atom is -0.315 e. The average Bonchev–Trinajstić information content (AvgIpc) is 2.85. The molecular formula is C24H56N10. The van der Waals surface area contributed by atoms with Crippen molar-refractivity contribution in [2.75, 3.05) is 118 Å². The van der Waals surface area contributed by atoms with Crippen LogP contribution in [0, 0.1) is 0 Å². The van der Waals surface area contributed by atoms with Gasteiger partial charge in [-0.05, 0) is 51.9 Å². The predicted molar refractivity (Wildman–Crippen MR) is 144 cm³/mol. The first-order chi connectivity index (χ1) is 16.9. The Hall–Kier alpha value is -0.400. The molecule has 34 heavy (non-hydrogen) atoms. The summed E-state index contributed by atoms with van der Waals surface area (Å²) >= 11 is 0. The second-order valence-electron chi connectivity index (χ2n) is 9.54. The van der Waals surface area contributed by atoms with Crippen LogP contribution >= 0.6 is 0 Å². The lowest BCUT2D eigenvalue weighted by Crippen LogP contribution is -2.44. The molecule has 0 aliphatic carbocycles. The zero-order chi connectivity index (χ0) is 23.8. The Labute approximate surface area is 209 Å². The summed E-state index contributed by atoms with van der Waals surface area (Å²) in [4.78, 5) is 5.03. The number of nitrogens with zero attached hydrogens (tertiary/aromatic N) is 2. The van der Waals surface area contributed by atoms with Gasteiger partial charge >= 0.3 is 0 Å². The third-order valence-electron chi connectivity index (χ3n) is 6.37. The van der Waals surface area contributed by atoms with E-state index >= 15 is 0 Å². The maximum atomic E-state index is 3.60. The van der Waals surface area contributed by atoms with E-state index in [1.54, 1.807) is 0 Å². The van der Waals surface area contributed by atoms with Crippen molar-refractivity contribution in [2.45, 2.75) is 38.5 Å². The maximum absolute atomic E-state index is 3.60. The van der Waals surface area contributed by atoms with Crippen LogP contribution in [-0.4, -0.2) is 128 Å². The Bertz CT molecular complexity index is 363. The van der Waals surface area contributed by atoms with Crippen LogP contribution < -0.4 is 42.5 Å². The van der Waals surface area contributed by atoms with Crippen molar-refractivity contribution in [1.29, 1.82) is 0 Å². The first kappa shape index (κ1) is 29.8. The molecule has 2 heterocycles. The van der Waals surface area contributed by atoms with Gasteiger partial charge in [0, 0.05) is 92.1 Å². The molecule has 0 atom stereocenters. The van der Waals surface area contributed by atoms with Gasteiger partial charge in [0.1, 0.15) is 0 Å². The first-order valence-corrected chi connectivity index (χ1v) is 14.1. The molecule has 0 saturated carbocycles. The van der Waals surface area contributed by atoms with Gasteiger partial charge < -0.3 is 42.5 Å². The SMILES string of the molecule is C(CCCN1CNCCNCCCNCCNC1)CCN1CNCCNCCCNCCNC1. The molecule has 202 valence electrons. The summed E-state index contributed by atoms with van der Waals surface area (Å²) in [7, 11) is 0. The Balaban J connectivity index is 1.55. The fourth-order valence-corrected chi connectivity index (χ4v) is 4.28. The molecule has 0 spiro atoms. The lowest BCUT2D eigenvalue weighted by molar-refractivity contribution is 0.220. The summed E-state index contributed by atoms with van der Waals surface area (Å²) in [6.07, 6.45) is 7.56. The van der Waals surface area contributed by atoms with Crippen LogP contribution in [0.25, 0.3) is 0 Å². The van der Waals surface area contributed by atoms with Gasteiger partial charge in [-0.2, -0.15) is 0 Å². The zero-order valence-corrected chi connectivity index (χ0v) is 21.9. The minimum absolute atomic E-state index is 0.969. The molecular weight excluding hydrogens is 428 g/mol. The molecule has 10 nitrogen and oxygen atoms in total. The second kappa shape index (κ2) is 23.0. The van der Waals surface area contributed by atoms with E-state index in [2.05, 4.69) is 52.3 Å². The van der Waals surface area contributed by atoms with Crippen molar-refractivity contribution >= 4 is 0 Å². The van der Waals surface area contributed by atoms with E-state index in [0.29, 0.717) is 0 Å². The highest BCUT2D eigenvalue weighted by Crippen LogP contribution is 2.03. The smallest absolute Gasteiger partial charge is 0.0492 e. The van der Waals surface area contributed by atoms with Crippen LogP contribution in [0.4, 0.5) is 0 Å². The molecule has 0 bridgehead atoms. The van der Waals surface area contributed by atoms with Crippen LogP contribution in [0.1, 0.15) is 38.5 Å². The van der Waals surface area contributed by atoms with Gasteiger partial charge in [0.25, 0.3) is 0 Å². The summed E-state index contributed by atoms with van der Waals surface area (Å²) in [5.74, 6) is 0. The first-order valence-electron chi connectivity index (χ1n) is 14.1. The monoisotopic (exact) mass is 484 g/mol. The molecule has 8 N–H and O–H groups in total. The highest BCUT2D eigenvalue weighted by atomic mass is 15.3. The number of hydrogen-bond acceptors (Lipinski definition) is 10. The van der Waals surface area contributed by atoms with Gasteiger partial charge in [0.05, 0.1) is 0 Å². The molecule has 0 unspecified atom stereocenters. The van der Waals surface area contributed by atoms with Crippen LogP contribution in [-0.2, 0) is 0 Å². The van der Waals surface area contributed by atoms with E-state index in [1.807, 2.05) is 0 Å². The van der Waals surface area contributed by atoms with Crippen molar-refractivity contribution in [2.24, 2.45) is 0 Å². The number of nitrogens with one attached hydrogen (secondary N) is 8. The molecule has 0 aromatic rings. The molecule has 2 fully saturated rings. The Morgan fingerprint density at radius 2 is 0.618 bits per heavy atom. The Morgan fingerprint density at radius 3 is 0.941 bits per heavy atom. The largest absolute Gasteiger partial charge is 0.315 e.